The third-order valence-corrected chi connectivity index (χ3v) is 3.51. The summed E-state index contributed by atoms with van der Waals surface area (Å²) in [6.45, 7) is 5.03. The number of benzene rings is 1. The standard InChI is InChI=1S/C14H19N5O3S/c20-19(21)13-3-1-2-12(10-13)11-16-17-14(23)15-4-5-18-6-8-22-9-7-18/h1-3,10-11H,4-9H2,(H2,15,17,23). The molecule has 0 bridgehead atoms. The molecular weight excluding hydrogens is 318 g/mol. The maximum absolute atomic E-state index is 10.7. The number of hydrogen-bond acceptors (Lipinski definition) is 6. The van der Waals surface area contributed by atoms with Gasteiger partial charge in [-0.3, -0.25) is 20.4 Å². The molecule has 0 spiro atoms. The van der Waals surface area contributed by atoms with Crippen LogP contribution in [0.15, 0.2) is 29.4 Å². The molecule has 9 heteroatoms. The minimum absolute atomic E-state index is 0.0279. The quantitative estimate of drug-likeness (QED) is 0.342. The van der Waals surface area contributed by atoms with E-state index in [4.69, 9.17) is 17.0 Å². The van der Waals surface area contributed by atoms with E-state index < -0.39 is 4.92 Å². The molecule has 124 valence electrons. The number of hydrogen-bond donors (Lipinski definition) is 2. The number of nitro benzene ring substituents is 1. The number of non-ortho nitro benzene ring substituents is 1. The molecule has 8 nitrogen and oxygen atoms in total. The van der Waals surface area contributed by atoms with Crippen LogP contribution in [0.25, 0.3) is 0 Å². The lowest BCUT2D eigenvalue weighted by Crippen LogP contribution is -2.42. The molecular formula is C14H19N5O3S. The fraction of sp³-hybridized carbons (Fsp3) is 0.429. The predicted molar refractivity (Wildman–Crippen MR) is 91.7 cm³/mol. The molecule has 0 unspecified atom stereocenters. The van der Waals surface area contributed by atoms with Crippen LogP contribution in [0.2, 0.25) is 0 Å². The van der Waals surface area contributed by atoms with Gasteiger partial charge in [0.25, 0.3) is 5.69 Å². The van der Waals surface area contributed by atoms with Gasteiger partial charge in [0.05, 0.1) is 24.4 Å². The molecule has 1 aliphatic rings. The molecule has 0 amide bonds. The second kappa shape index (κ2) is 9.13. The second-order valence-corrected chi connectivity index (χ2v) is 5.34. The van der Waals surface area contributed by atoms with Crippen molar-refractivity contribution in [3.63, 3.8) is 0 Å². The highest BCUT2D eigenvalue weighted by molar-refractivity contribution is 7.80. The fourth-order valence-corrected chi connectivity index (χ4v) is 2.23. The Balaban J connectivity index is 1.69. The minimum atomic E-state index is -0.442. The summed E-state index contributed by atoms with van der Waals surface area (Å²) in [5.41, 5.74) is 3.35. The van der Waals surface area contributed by atoms with E-state index in [1.165, 1.54) is 18.3 Å². The smallest absolute Gasteiger partial charge is 0.270 e. The molecule has 0 saturated carbocycles. The Bertz CT molecular complexity index is 575. The van der Waals surface area contributed by atoms with Gasteiger partial charge in [0.15, 0.2) is 5.11 Å². The van der Waals surface area contributed by atoms with E-state index >= 15 is 0 Å². The van der Waals surface area contributed by atoms with Crippen LogP contribution in [-0.2, 0) is 4.74 Å². The number of hydrazone groups is 1. The zero-order chi connectivity index (χ0) is 16.5. The second-order valence-electron chi connectivity index (χ2n) is 4.93. The number of nitro groups is 1. The van der Waals surface area contributed by atoms with Crippen molar-refractivity contribution in [2.45, 2.75) is 0 Å². The monoisotopic (exact) mass is 337 g/mol. The van der Waals surface area contributed by atoms with E-state index in [9.17, 15) is 10.1 Å². The fourth-order valence-electron chi connectivity index (χ4n) is 2.08. The number of morpholine rings is 1. The van der Waals surface area contributed by atoms with Crippen molar-refractivity contribution in [2.24, 2.45) is 5.10 Å². The third-order valence-electron chi connectivity index (χ3n) is 3.28. The highest BCUT2D eigenvalue weighted by Gasteiger charge is 2.09. The van der Waals surface area contributed by atoms with Crippen LogP contribution in [0, 0.1) is 10.1 Å². The summed E-state index contributed by atoms with van der Waals surface area (Å²) in [5, 5.41) is 18.1. The van der Waals surface area contributed by atoms with Crippen LogP contribution in [0.1, 0.15) is 5.56 Å². The van der Waals surface area contributed by atoms with Crippen LogP contribution in [-0.4, -0.2) is 60.5 Å². The molecule has 2 N–H and O–H groups in total. The lowest BCUT2D eigenvalue weighted by atomic mass is 10.2. The average molecular weight is 337 g/mol. The molecule has 0 atom stereocenters. The summed E-state index contributed by atoms with van der Waals surface area (Å²) in [6, 6.07) is 6.22. The molecule has 1 heterocycles. The van der Waals surface area contributed by atoms with Crippen molar-refractivity contribution < 1.29 is 9.66 Å². The first-order valence-corrected chi connectivity index (χ1v) is 7.67. The van der Waals surface area contributed by atoms with Crippen LogP contribution < -0.4 is 10.7 Å². The van der Waals surface area contributed by atoms with Crippen LogP contribution in [0.3, 0.4) is 0 Å². The van der Waals surface area contributed by atoms with Gasteiger partial charge in [-0.15, -0.1) is 0 Å². The molecule has 0 aliphatic carbocycles. The van der Waals surface area contributed by atoms with Crippen LogP contribution >= 0.6 is 12.2 Å². The molecule has 1 aromatic carbocycles. The zero-order valence-corrected chi connectivity index (χ0v) is 13.4. The minimum Gasteiger partial charge on any atom is -0.379 e. The van der Waals surface area contributed by atoms with Gasteiger partial charge in [0.1, 0.15) is 0 Å². The molecule has 23 heavy (non-hydrogen) atoms. The largest absolute Gasteiger partial charge is 0.379 e. The Morgan fingerprint density at radius 3 is 3.00 bits per heavy atom. The Kier molecular flexibility index (Phi) is 6.85. The van der Waals surface area contributed by atoms with Gasteiger partial charge >= 0.3 is 0 Å². The van der Waals surface area contributed by atoms with Crippen molar-refractivity contribution in [3.05, 3.63) is 39.9 Å². The lowest BCUT2D eigenvalue weighted by molar-refractivity contribution is -0.384. The van der Waals surface area contributed by atoms with E-state index in [1.54, 1.807) is 12.1 Å². The predicted octanol–water partition coefficient (Wildman–Crippen LogP) is 0.725. The number of nitrogens with zero attached hydrogens (tertiary/aromatic N) is 3. The van der Waals surface area contributed by atoms with E-state index in [0.29, 0.717) is 10.7 Å². The Morgan fingerprint density at radius 1 is 1.48 bits per heavy atom. The number of thiocarbonyl (C=S) groups is 1. The van der Waals surface area contributed by atoms with Gasteiger partial charge in [-0.1, -0.05) is 12.1 Å². The van der Waals surface area contributed by atoms with Gasteiger partial charge < -0.3 is 10.1 Å². The number of nitrogens with one attached hydrogen (secondary N) is 2. The van der Waals surface area contributed by atoms with Crippen molar-refractivity contribution in [2.75, 3.05) is 39.4 Å². The first-order chi connectivity index (χ1) is 11.1. The van der Waals surface area contributed by atoms with Gasteiger partial charge in [0, 0.05) is 43.9 Å². The summed E-state index contributed by atoms with van der Waals surface area (Å²) in [5.74, 6) is 0. The van der Waals surface area contributed by atoms with E-state index in [-0.39, 0.29) is 5.69 Å². The lowest BCUT2D eigenvalue weighted by Gasteiger charge is -2.26. The molecule has 1 aliphatic heterocycles. The summed E-state index contributed by atoms with van der Waals surface area (Å²) in [4.78, 5) is 12.5. The third kappa shape index (κ3) is 6.27. The van der Waals surface area contributed by atoms with Crippen LogP contribution in [0.5, 0.6) is 0 Å². The number of rotatable bonds is 6. The van der Waals surface area contributed by atoms with Gasteiger partial charge in [-0.25, -0.2) is 0 Å². The Morgan fingerprint density at radius 2 is 2.26 bits per heavy atom. The molecule has 2 rings (SSSR count). The van der Waals surface area contributed by atoms with Crippen molar-refractivity contribution in [1.82, 2.24) is 15.6 Å². The SMILES string of the molecule is O=[N+]([O-])c1cccc(C=NNC(=S)NCCN2CCOCC2)c1. The highest BCUT2D eigenvalue weighted by Crippen LogP contribution is 2.11. The highest BCUT2D eigenvalue weighted by atomic mass is 32.1. The first-order valence-electron chi connectivity index (χ1n) is 7.26. The van der Waals surface area contributed by atoms with E-state index in [0.717, 1.165) is 39.4 Å². The molecule has 1 saturated heterocycles. The van der Waals surface area contributed by atoms with E-state index in [1.807, 2.05) is 0 Å². The van der Waals surface area contributed by atoms with Gasteiger partial charge in [-0.05, 0) is 12.2 Å². The number of ether oxygens (including phenoxy) is 1. The first kappa shape index (κ1) is 17.3. The molecule has 1 fully saturated rings. The molecule has 0 radical (unpaired) electrons. The van der Waals surface area contributed by atoms with Gasteiger partial charge in [-0.2, -0.15) is 5.10 Å². The van der Waals surface area contributed by atoms with Crippen LogP contribution in [0.4, 0.5) is 5.69 Å². The summed E-state index contributed by atoms with van der Waals surface area (Å²) in [7, 11) is 0. The maximum Gasteiger partial charge on any atom is 0.270 e. The van der Waals surface area contributed by atoms with Crippen molar-refractivity contribution >= 4 is 29.2 Å². The average Bonchev–Trinajstić information content (AvgIpc) is 2.56. The van der Waals surface area contributed by atoms with Gasteiger partial charge in [0.2, 0.25) is 0 Å². The summed E-state index contributed by atoms with van der Waals surface area (Å²) < 4.78 is 5.28. The van der Waals surface area contributed by atoms with Crippen molar-refractivity contribution in [1.29, 1.82) is 0 Å². The molecule has 1 aromatic rings. The normalized spacial score (nSPS) is 15.5. The Hall–Kier alpha value is -2.10. The Labute approximate surface area is 139 Å². The zero-order valence-electron chi connectivity index (χ0n) is 12.6. The van der Waals surface area contributed by atoms with E-state index in [2.05, 4.69) is 20.7 Å². The summed E-state index contributed by atoms with van der Waals surface area (Å²) >= 11 is 5.12. The maximum atomic E-state index is 10.7. The van der Waals surface area contributed by atoms with Crippen molar-refractivity contribution in [3.8, 4) is 0 Å². The molecule has 0 aromatic heterocycles. The topological polar surface area (TPSA) is 92.0 Å². The summed E-state index contributed by atoms with van der Waals surface area (Å²) in [6.07, 6.45) is 1.49.